The summed E-state index contributed by atoms with van der Waals surface area (Å²) < 4.78 is 29.9. The number of hydrogen-bond donors (Lipinski definition) is 1. The maximum absolute atomic E-state index is 12.5. The smallest absolute Gasteiger partial charge is 0.339 e. The van der Waals surface area contributed by atoms with Crippen LogP contribution in [0.5, 0.6) is 0 Å². The van der Waals surface area contributed by atoms with Gasteiger partial charge in [-0.25, -0.2) is 17.5 Å². The van der Waals surface area contributed by atoms with Crippen LogP contribution in [0, 0.1) is 0 Å². The van der Waals surface area contributed by atoms with Gasteiger partial charge in [-0.15, -0.1) is 0 Å². The van der Waals surface area contributed by atoms with Crippen LogP contribution in [0.1, 0.15) is 46.4 Å². The number of carbonyl (C=O) groups is 2. The second-order valence-corrected chi connectivity index (χ2v) is 7.95. The minimum atomic E-state index is -3.26. The SMILES string of the molecule is CCc1oc(C(=O)N2CCC(N(C)S(C)(=O)=O)CC2)cc1C(=O)O. The molecular formula is C15H22N2O6S. The van der Waals surface area contributed by atoms with Gasteiger partial charge in [0.15, 0.2) is 5.76 Å². The largest absolute Gasteiger partial charge is 0.478 e. The van der Waals surface area contributed by atoms with E-state index in [1.54, 1.807) is 11.8 Å². The van der Waals surface area contributed by atoms with Crippen LogP contribution >= 0.6 is 0 Å². The molecule has 1 aliphatic rings. The van der Waals surface area contributed by atoms with Crippen molar-refractivity contribution in [2.75, 3.05) is 26.4 Å². The number of sulfonamides is 1. The van der Waals surface area contributed by atoms with Gasteiger partial charge in [-0.2, -0.15) is 0 Å². The molecule has 0 spiro atoms. The normalized spacial score (nSPS) is 16.6. The van der Waals surface area contributed by atoms with Gasteiger partial charge in [-0.3, -0.25) is 4.79 Å². The lowest BCUT2D eigenvalue weighted by molar-refractivity contribution is 0.0650. The number of carboxylic acids is 1. The first-order chi connectivity index (χ1) is 11.1. The Bertz CT molecular complexity index is 731. The van der Waals surface area contributed by atoms with Crippen molar-refractivity contribution in [1.82, 2.24) is 9.21 Å². The molecule has 0 aliphatic carbocycles. The molecule has 0 aromatic carbocycles. The van der Waals surface area contributed by atoms with E-state index >= 15 is 0 Å². The number of aromatic carboxylic acids is 1. The van der Waals surface area contributed by atoms with Crippen molar-refractivity contribution in [2.24, 2.45) is 0 Å². The average molecular weight is 358 g/mol. The monoisotopic (exact) mass is 358 g/mol. The molecule has 134 valence electrons. The van der Waals surface area contributed by atoms with Crippen molar-refractivity contribution in [2.45, 2.75) is 32.2 Å². The Hall–Kier alpha value is -1.87. The third-order valence-electron chi connectivity index (χ3n) is 4.36. The highest BCUT2D eigenvalue weighted by molar-refractivity contribution is 7.88. The van der Waals surface area contributed by atoms with E-state index in [-0.39, 0.29) is 29.0 Å². The minimum Gasteiger partial charge on any atom is -0.478 e. The Morgan fingerprint density at radius 2 is 1.96 bits per heavy atom. The molecule has 0 radical (unpaired) electrons. The summed E-state index contributed by atoms with van der Waals surface area (Å²) in [5, 5.41) is 9.13. The number of carboxylic acid groups (broad SMARTS) is 1. The summed E-state index contributed by atoms with van der Waals surface area (Å²) in [7, 11) is -1.72. The number of aryl methyl sites for hydroxylation is 1. The van der Waals surface area contributed by atoms with Gasteiger partial charge >= 0.3 is 5.97 Å². The first kappa shape index (κ1) is 18.5. The first-order valence-corrected chi connectivity index (χ1v) is 9.58. The topological polar surface area (TPSA) is 108 Å². The number of likely N-dealkylation sites (tertiary alicyclic amines) is 1. The number of amides is 1. The van der Waals surface area contributed by atoms with Crippen molar-refractivity contribution in [3.05, 3.63) is 23.2 Å². The second kappa shape index (κ2) is 6.94. The molecule has 0 bridgehead atoms. The Kier molecular flexibility index (Phi) is 5.34. The number of hydrogen-bond acceptors (Lipinski definition) is 5. The second-order valence-electron chi connectivity index (χ2n) is 5.91. The van der Waals surface area contributed by atoms with Crippen LogP contribution in [0.25, 0.3) is 0 Å². The van der Waals surface area contributed by atoms with Crippen molar-refractivity contribution in [3.63, 3.8) is 0 Å². The molecule has 9 heteroatoms. The molecule has 8 nitrogen and oxygen atoms in total. The van der Waals surface area contributed by atoms with E-state index in [2.05, 4.69) is 0 Å². The van der Waals surface area contributed by atoms with Gasteiger partial charge < -0.3 is 14.4 Å². The fourth-order valence-corrected chi connectivity index (χ4v) is 3.59. The molecule has 1 N–H and O–H groups in total. The summed E-state index contributed by atoms with van der Waals surface area (Å²) in [5.74, 6) is -1.20. The van der Waals surface area contributed by atoms with Crippen molar-refractivity contribution in [1.29, 1.82) is 0 Å². The maximum atomic E-state index is 12.5. The number of rotatable bonds is 5. The lowest BCUT2D eigenvalue weighted by Gasteiger charge is -2.35. The molecule has 1 aliphatic heterocycles. The van der Waals surface area contributed by atoms with Gasteiger partial charge in [-0.05, 0) is 12.8 Å². The van der Waals surface area contributed by atoms with Gasteiger partial charge in [0.2, 0.25) is 10.0 Å². The van der Waals surface area contributed by atoms with Crippen LogP contribution in [-0.4, -0.2) is 67.0 Å². The van der Waals surface area contributed by atoms with Crippen molar-refractivity contribution < 1.29 is 27.5 Å². The Balaban J connectivity index is 2.07. The molecule has 1 fully saturated rings. The zero-order valence-corrected chi connectivity index (χ0v) is 14.8. The lowest BCUT2D eigenvalue weighted by Crippen LogP contribution is -2.46. The number of furan rings is 1. The van der Waals surface area contributed by atoms with Gasteiger partial charge in [0.1, 0.15) is 11.3 Å². The molecule has 1 amide bonds. The molecule has 1 aromatic heterocycles. The third-order valence-corrected chi connectivity index (χ3v) is 5.70. The average Bonchev–Trinajstić information content (AvgIpc) is 2.97. The van der Waals surface area contributed by atoms with Gasteiger partial charge in [0, 0.05) is 38.7 Å². The summed E-state index contributed by atoms with van der Waals surface area (Å²) in [4.78, 5) is 25.2. The molecule has 24 heavy (non-hydrogen) atoms. The van der Waals surface area contributed by atoms with Gasteiger partial charge in [0.05, 0.1) is 6.26 Å². The lowest BCUT2D eigenvalue weighted by atomic mass is 10.1. The molecule has 1 saturated heterocycles. The van der Waals surface area contributed by atoms with Crippen LogP contribution in [0.3, 0.4) is 0 Å². The summed E-state index contributed by atoms with van der Waals surface area (Å²) in [6.45, 7) is 2.55. The predicted octanol–water partition coefficient (Wildman–Crippen LogP) is 1.04. The summed E-state index contributed by atoms with van der Waals surface area (Å²) in [5.41, 5.74) is 0.00699. The molecular weight excluding hydrogens is 336 g/mol. The van der Waals surface area contributed by atoms with E-state index in [1.807, 2.05) is 0 Å². The van der Waals surface area contributed by atoms with Crippen LogP contribution in [0.15, 0.2) is 10.5 Å². The fraction of sp³-hybridized carbons (Fsp3) is 0.600. The Morgan fingerprint density at radius 3 is 2.38 bits per heavy atom. The molecule has 2 heterocycles. The van der Waals surface area contributed by atoms with Crippen molar-refractivity contribution >= 4 is 21.9 Å². The Morgan fingerprint density at radius 1 is 1.38 bits per heavy atom. The van der Waals surface area contributed by atoms with E-state index in [0.717, 1.165) is 6.26 Å². The molecule has 0 unspecified atom stereocenters. The van der Waals surface area contributed by atoms with Crippen LogP contribution < -0.4 is 0 Å². The standard InChI is InChI=1S/C15H22N2O6S/c1-4-12-11(15(19)20)9-13(23-12)14(18)17-7-5-10(6-8-17)16(2)24(3,21)22/h9-10H,4-8H2,1-3H3,(H,19,20). The minimum absolute atomic E-state index is 0.00699. The van der Waals surface area contributed by atoms with Gasteiger partial charge in [0.25, 0.3) is 5.91 Å². The Labute approximate surface area is 141 Å². The number of piperidine rings is 1. The molecule has 0 atom stereocenters. The first-order valence-electron chi connectivity index (χ1n) is 7.73. The van der Waals surface area contributed by atoms with Crippen LogP contribution in [0.2, 0.25) is 0 Å². The van der Waals surface area contributed by atoms with Gasteiger partial charge in [-0.1, -0.05) is 6.92 Å². The van der Waals surface area contributed by atoms with Crippen LogP contribution in [-0.2, 0) is 16.4 Å². The number of nitrogens with zero attached hydrogens (tertiary/aromatic N) is 2. The molecule has 2 rings (SSSR count). The van der Waals surface area contributed by atoms with E-state index in [0.29, 0.717) is 32.4 Å². The van der Waals surface area contributed by atoms with Crippen molar-refractivity contribution in [3.8, 4) is 0 Å². The van der Waals surface area contributed by atoms with E-state index in [1.165, 1.54) is 17.4 Å². The maximum Gasteiger partial charge on any atom is 0.339 e. The molecule has 0 saturated carbocycles. The summed E-state index contributed by atoms with van der Waals surface area (Å²) >= 11 is 0. The van der Waals surface area contributed by atoms with E-state index in [9.17, 15) is 18.0 Å². The van der Waals surface area contributed by atoms with Crippen LogP contribution in [0.4, 0.5) is 0 Å². The summed E-state index contributed by atoms with van der Waals surface area (Å²) in [6, 6.07) is 1.12. The quantitative estimate of drug-likeness (QED) is 0.842. The summed E-state index contributed by atoms with van der Waals surface area (Å²) in [6.07, 6.45) is 2.61. The molecule has 1 aromatic rings. The predicted molar refractivity (Wildman–Crippen MR) is 86.6 cm³/mol. The fourth-order valence-electron chi connectivity index (χ4n) is 2.84. The zero-order valence-electron chi connectivity index (χ0n) is 14.0. The zero-order chi connectivity index (χ0) is 18.1. The highest BCUT2D eigenvalue weighted by atomic mass is 32.2. The third kappa shape index (κ3) is 3.78. The highest BCUT2D eigenvalue weighted by Crippen LogP contribution is 2.22. The van der Waals surface area contributed by atoms with E-state index < -0.39 is 16.0 Å². The van der Waals surface area contributed by atoms with E-state index in [4.69, 9.17) is 9.52 Å². The number of carbonyl (C=O) groups excluding carboxylic acids is 1. The highest BCUT2D eigenvalue weighted by Gasteiger charge is 2.31.